The summed E-state index contributed by atoms with van der Waals surface area (Å²) < 4.78 is 0. The summed E-state index contributed by atoms with van der Waals surface area (Å²) in [4.78, 5) is 33.4. The van der Waals surface area contributed by atoms with Gasteiger partial charge in [0.15, 0.2) is 0 Å². The van der Waals surface area contributed by atoms with Crippen LogP contribution in [0.2, 0.25) is 0 Å². The summed E-state index contributed by atoms with van der Waals surface area (Å²) in [5.74, 6) is -0.851. The summed E-state index contributed by atoms with van der Waals surface area (Å²) in [6.45, 7) is 7.53. The number of amides is 3. The van der Waals surface area contributed by atoms with Crippen LogP contribution in [-0.4, -0.2) is 35.1 Å². The lowest BCUT2D eigenvalue weighted by Crippen LogP contribution is -2.55. The molecule has 0 fully saturated rings. The van der Waals surface area contributed by atoms with Crippen molar-refractivity contribution in [3.05, 3.63) is 0 Å². The van der Waals surface area contributed by atoms with Crippen molar-refractivity contribution >= 4 is 17.9 Å². The Balaban J connectivity index is 4.17. The van der Waals surface area contributed by atoms with Gasteiger partial charge in [0.1, 0.15) is 5.54 Å². The van der Waals surface area contributed by atoms with Gasteiger partial charge in [-0.05, 0) is 38.5 Å². The van der Waals surface area contributed by atoms with E-state index < -0.39 is 23.4 Å². The van der Waals surface area contributed by atoms with E-state index in [1.807, 2.05) is 13.8 Å². The third kappa shape index (κ3) is 8.16. The molecular formula is C14H27N3O4. The lowest BCUT2D eigenvalue weighted by molar-refractivity contribution is -0.137. The Hall–Kier alpha value is -1.79. The number of nitrogens with one attached hydrogen (secondary N) is 2. The Bertz CT molecular complexity index is 380. The maximum atomic E-state index is 11.7. The standard InChI is InChI=1S/C14H27N3O4/c1-9(2)10(5-6-11(18)19)7-8-16-13(21)17-14(3,4)12(15)20/h9-10H,5-8H2,1-4H3,(H2,15,20)(H,18,19)(H2,16,17,21). The Morgan fingerprint density at radius 3 is 2.19 bits per heavy atom. The predicted octanol–water partition coefficient (Wildman–Crippen LogP) is 1.08. The van der Waals surface area contributed by atoms with Crippen LogP contribution < -0.4 is 16.4 Å². The molecule has 7 nitrogen and oxygen atoms in total. The number of nitrogens with two attached hydrogens (primary N) is 1. The van der Waals surface area contributed by atoms with Crippen molar-refractivity contribution in [3.63, 3.8) is 0 Å². The molecule has 122 valence electrons. The molecule has 1 atom stereocenters. The molecule has 7 heteroatoms. The highest BCUT2D eigenvalue weighted by Gasteiger charge is 2.26. The van der Waals surface area contributed by atoms with Crippen molar-refractivity contribution in [3.8, 4) is 0 Å². The van der Waals surface area contributed by atoms with Crippen LogP contribution in [-0.2, 0) is 9.59 Å². The van der Waals surface area contributed by atoms with E-state index in [1.165, 1.54) is 13.8 Å². The largest absolute Gasteiger partial charge is 0.481 e. The fraction of sp³-hybridized carbons (Fsp3) is 0.786. The van der Waals surface area contributed by atoms with Gasteiger partial charge in [-0.2, -0.15) is 0 Å². The van der Waals surface area contributed by atoms with Gasteiger partial charge in [0.25, 0.3) is 0 Å². The molecule has 0 aromatic heterocycles. The summed E-state index contributed by atoms with van der Waals surface area (Å²) in [5, 5.41) is 13.9. The van der Waals surface area contributed by atoms with Crippen LogP contribution in [0.1, 0.15) is 47.0 Å². The lowest BCUT2D eigenvalue weighted by Gasteiger charge is -2.24. The second-order valence-corrected chi connectivity index (χ2v) is 6.10. The molecular weight excluding hydrogens is 274 g/mol. The van der Waals surface area contributed by atoms with E-state index in [9.17, 15) is 14.4 Å². The molecule has 0 aliphatic rings. The fourth-order valence-electron chi connectivity index (χ4n) is 1.88. The SMILES string of the molecule is CC(C)C(CCNC(=O)NC(C)(C)C(N)=O)CCC(=O)O. The Kier molecular flexibility index (Phi) is 7.76. The van der Waals surface area contributed by atoms with Crippen molar-refractivity contribution in [1.29, 1.82) is 0 Å². The highest BCUT2D eigenvalue weighted by molar-refractivity contribution is 5.89. The molecule has 0 heterocycles. The van der Waals surface area contributed by atoms with E-state index in [1.54, 1.807) is 0 Å². The van der Waals surface area contributed by atoms with Gasteiger partial charge in [-0.25, -0.2) is 4.79 Å². The molecule has 0 aliphatic heterocycles. The molecule has 0 aliphatic carbocycles. The van der Waals surface area contributed by atoms with Crippen LogP contribution in [0.5, 0.6) is 0 Å². The Morgan fingerprint density at radius 2 is 1.76 bits per heavy atom. The summed E-state index contributed by atoms with van der Waals surface area (Å²) >= 11 is 0. The summed E-state index contributed by atoms with van der Waals surface area (Å²) in [6.07, 6.45) is 1.40. The monoisotopic (exact) mass is 301 g/mol. The quantitative estimate of drug-likeness (QED) is 0.509. The average Bonchev–Trinajstić information content (AvgIpc) is 2.31. The molecule has 1 unspecified atom stereocenters. The smallest absolute Gasteiger partial charge is 0.315 e. The van der Waals surface area contributed by atoms with Crippen molar-refractivity contribution in [2.45, 2.75) is 52.5 Å². The molecule has 21 heavy (non-hydrogen) atoms. The minimum absolute atomic E-state index is 0.129. The van der Waals surface area contributed by atoms with Gasteiger partial charge in [-0.3, -0.25) is 9.59 Å². The lowest BCUT2D eigenvalue weighted by atomic mass is 9.88. The first-order valence-electron chi connectivity index (χ1n) is 7.14. The second kappa shape index (κ2) is 8.49. The van der Waals surface area contributed by atoms with Gasteiger partial charge >= 0.3 is 12.0 Å². The molecule has 0 saturated heterocycles. The summed E-state index contributed by atoms with van der Waals surface area (Å²) in [5.41, 5.74) is 4.06. The second-order valence-electron chi connectivity index (χ2n) is 6.10. The number of hydrogen-bond donors (Lipinski definition) is 4. The zero-order valence-corrected chi connectivity index (χ0v) is 13.2. The van der Waals surface area contributed by atoms with E-state index in [0.717, 1.165) is 0 Å². The van der Waals surface area contributed by atoms with E-state index in [-0.39, 0.29) is 12.3 Å². The van der Waals surface area contributed by atoms with Gasteiger partial charge < -0.3 is 21.5 Å². The van der Waals surface area contributed by atoms with Crippen LogP contribution in [0.4, 0.5) is 4.79 Å². The van der Waals surface area contributed by atoms with Gasteiger partial charge in [-0.1, -0.05) is 13.8 Å². The number of carbonyl (C=O) groups is 3. The number of primary amides is 1. The van der Waals surface area contributed by atoms with Crippen molar-refractivity contribution < 1.29 is 19.5 Å². The Labute approximate surface area is 125 Å². The number of carboxylic acid groups (broad SMARTS) is 1. The van der Waals surface area contributed by atoms with E-state index in [0.29, 0.717) is 25.3 Å². The number of hydrogen-bond acceptors (Lipinski definition) is 3. The predicted molar refractivity (Wildman–Crippen MR) is 79.6 cm³/mol. The number of carbonyl (C=O) groups excluding carboxylic acids is 2. The zero-order valence-electron chi connectivity index (χ0n) is 13.2. The maximum absolute atomic E-state index is 11.7. The average molecular weight is 301 g/mol. The molecule has 5 N–H and O–H groups in total. The molecule has 0 rings (SSSR count). The molecule has 3 amide bonds. The topological polar surface area (TPSA) is 122 Å². The molecule has 0 bridgehead atoms. The highest BCUT2D eigenvalue weighted by atomic mass is 16.4. The van der Waals surface area contributed by atoms with Gasteiger partial charge in [0, 0.05) is 13.0 Å². The fourth-order valence-corrected chi connectivity index (χ4v) is 1.88. The first kappa shape index (κ1) is 19.2. The Morgan fingerprint density at radius 1 is 1.19 bits per heavy atom. The van der Waals surface area contributed by atoms with Crippen molar-refractivity contribution in [2.24, 2.45) is 17.6 Å². The van der Waals surface area contributed by atoms with E-state index in [2.05, 4.69) is 10.6 Å². The molecule has 0 radical (unpaired) electrons. The summed E-state index contributed by atoms with van der Waals surface area (Å²) in [7, 11) is 0. The van der Waals surface area contributed by atoms with Crippen LogP contribution in [0, 0.1) is 11.8 Å². The number of aliphatic carboxylic acids is 1. The van der Waals surface area contributed by atoms with Crippen LogP contribution in [0.25, 0.3) is 0 Å². The van der Waals surface area contributed by atoms with Gasteiger partial charge in [-0.15, -0.1) is 0 Å². The van der Waals surface area contributed by atoms with Gasteiger partial charge in [0.2, 0.25) is 5.91 Å². The molecule has 0 aromatic rings. The first-order chi connectivity index (χ1) is 9.56. The van der Waals surface area contributed by atoms with Crippen molar-refractivity contribution in [1.82, 2.24) is 10.6 Å². The first-order valence-corrected chi connectivity index (χ1v) is 7.14. The van der Waals surface area contributed by atoms with Crippen LogP contribution in [0.3, 0.4) is 0 Å². The number of urea groups is 1. The maximum Gasteiger partial charge on any atom is 0.315 e. The molecule has 0 spiro atoms. The molecule has 0 saturated carbocycles. The normalized spacial score (nSPS) is 12.8. The third-order valence-electron chi connectivity index (χ3n) is 3.51. The van der Waals surface area contributed by atoms with E-state index >= 15 is 0 Å². The van der Waals surface area contributed by atoms with Gasteiger partial charge in [0.05, 0.1) is 0 Å². The minimum Gasteiger partial charge on any atom is -0.481 e. The summed E-state index contributed by atoms with van der Waals surface area (Å²) in [6, 6.07) is -0.459. The van der Waals surface area contributed by atoms with Crippen LogP contribution >= 0.6 is 0 Å². The van der Waals surface area contributed by atoms with Crippen molar-refractivity contribution in [2.75, 3.05) is 6.54 Å². The van der Waals surface area contributed by atoms with Crippen LogP contribution in [0.15, 0.2) is 0 Å². The molecule has 0 aromatic carbocycles. The highest BCUT2D eigenvalue weighted by Crippen LogP contribution is 2.20. The number of rotatable bonds is 9. The minimum atomic E-state index is -1.11. The zero-order chi connectivity index (χ0) is 16.6. The number of carboxylic acids is 1. The van der Waals surface area contributed by atoms with E-state index in [4.69, 9.17) is 10.8 Å². The third-order valence-corrected chi connectivity index (χ3v) is 3.51.